The van der Waals surface area contributed by atoms with Crippen molar-refractivity contribution in [2.75, 3.05) is 7.05 Å². The summed E-state index contributed by atoms with van der Waals surface area (Å²) in [5.41, 5.74) is -1.01. The van der Waals surface area contributed by atoms with Gasteiger partial charge in [0.1, 0.15) is 5.54 Å². The maximum atomic E-state index is 11.8. The van der Waals surface area contributed by atoms with E-state index in [4.69, 9.17) is 0 Å². The van der Waals surface area contributed by atoms with Gasteiger partial charge in [0, 0.05) is 13.1 Å². The molecule has 2 amide bonds. The Kier molecular flexibility index (Phi) is 2.78. The molecule has 0 saturated heterocycles. The average molecular weight is 226 g/mol. The third kappa shape index (κ3) is 1.99. The summed E-state index contributed by atoms with van der Waals surface area (Å²) in [5.74, 6) is -0.900. The first-order valence-electron chi connectivity index (χ1n) is 5.83. The normalized spacial score (nSPS) is 22.8. The Hall–Kier alpha value is -1.26. The van der Waals surface area contributed by atoms with E-state index in [2.05, 4.69) is 5.32 Å². The SMILES string of the molecule is CN(C(=O)NC1(C(=O)O)CCCC1)C1CC1. The van der Waals surface area contributed by atoms with Gasteiger partial charge in [-0.2, -0.15) is 0 Å². The van der Waals surface area contributed by atoms with Crippen molar-refractivity contribution in [1.29, 1.82) is 0 Å². The number of carboxylic acids is 1. The van der Waals surface area contributed by atoms with Crippen molar-refractivity contribution < 1.29 is 14.7 Å². The lowest BCUT2D eigenvalue weighted by atomic mass is 9.98. The van der Waals surface area contributed by atoms with Gasteiger partial charge in [0.2, 0.25) is 0 Å². The van der Waals surface area contributed by atoms with Crippen LogP contribution >= 0.6 is 0 Å². The van der Waals surface area contributed by atoms with Gasteiger partial charge in [0.15, 0.2) is 0 Å². The molecule has 0 aromatic rings. The van der Waals surface area contributed by atoms with Crippen LogP contribution in [0.2, 0.25) is 0 Å². The molecule has 16 heavy (non-hydrogen) atoms. The summed E-state index contributed by atoms with van der Waals surface area (Å²) in [4.78, 5) is 24.7. The summed E-state index contributed by atoms with van der Waals surface area (Å²) >= 11 is 0. The van der Waals surface area contributed by atoms with Crippen LogP contribution in [-0.4, -0.2) is 40.6 Å². The minimum Gasteiger partial charge on any atom is -0.480 e. The summed E-state index contributed by atoms with van der Waals surface area (Å²) in [5, 5.41) is 11.9. The van der Waals surface area contributed by atoms with Crippen molar-refractivity contribution in [2.24, 2.45) is 0 Å². The van der Waals surface area contributed by atoms with Crippen LogP contribution in [0, 0.1) is 0 Å². The highest BCUT2D eigenvalue weighted by Crippen LogP contribution is 2.31. The summed E-state index contributed by atoms with van der Waals surface area (Å²) in [6, 6.07) is 0.0686. The van der Waals surface area contributed by atoms with E-state index in [1.165, 1.54) is 0 Å². The molecule has 0 aliphatic heterocycles. The molecule has 0 spiro atoms. The zero-order valence-corrected chi connectivity index (χ0v) is 9.53. The molecular formula is C11H18N2O3. The van der Waals surface area contributed by atoms with Crippen LogP contribution in [-0.2, 0) is 4.79 Å². The topological polar surface area (TPSA) is 69.6 Å². The van der Waals surface area contributed by atoms with E-state index in [0.717, 1.165) is 25.7 Å². The molecule has 2 N–H and O–H groups in total. The van der Waals surface area contributed by atoms with Crippen LogP contribution < -0.4 is 5.32 Å². The van der Waals surface area contributed by atoms with E-state index < -0.39 is 11.5 Å². The predicted molar refractivity (Wildman–Crippen MR) is 58.2 cm³/mol. The highest BCUT2D eigenvalue weighted by Gasteiger charge is 2.44. The monoisotopic (exact) mass is 226 g/mol. The summed E-state index contributed by atoms with van der Waals surface area (Å²) < 4.78 is 0. The zero-order valence-electron chi connectivity index (χ0n) is 9.53. The fourth-order valence-electron chi connectivity index (χ4n) is 2.29. The first kappa shape index (κ1) is 11.2. The number of nitrogens with one attached hydrogen (secondary N) is 1. The van der Waals surface area contributed by atoms with Crippen LogP contribution in [0.25, 0.3) is 0 Å². The standard InChI is InChI=1S/C11H18N2O3/c1-13(8-4-5-8)10(16)12-11(9(14)15)6-2-3-7-11/h8H,2-7H2,1H3,(H,12,16)(H,14,15). The lowest BCUT2D eigenvalue weighted by molar-refractivity contribution is -0.144. The third-order valence-electron chi connectivity index (χ3n) is 3.63. The second kappa shape index (κ2) is 3.96. The van der Waals surface area contributed by atoms with Gasteiger partial charge < -0.3 is 15.3 Å². The minimum absolute atomic E-state index is 0.244. The van der Waals surface area contributed by atoms with Crippen LogP contribution in [0.15, 0.2) is 0 Å². The van der Waals surface area contributed by atoms with Crippen LogP contribution in [0.5, 0.6) is 0 Å². The Balaban J connectivity index is 2.00. The van der Waals surface area contributed by atoms with Crippen molar-refractivity contribution in [2.45, 2.75) is 50.1 Å². The molecule has 2 saturated carbocycles. The van der Waals surface area contributed by atoms with Crippen molar-refractivity contribution in [3.63, 3.8) is 0 Å². The van der Waals surface area contributed by atoms with E-state index in [-0.39, 0.29) is 6.03 Å². The second-order valence-electron chi connectivity index (χ2n) is 4.87. The molecule has 0 bridgehead atoms. The summed E-state index contributed by atoms with van der Waals surface area (Å²) in [6.45, 7) is 0. The number of carbonyl (C=O) groups is 2. The Morgan fingerprint density at radius 1 is 1.31 bits per heavy atom. The number of amides is 2. The van der Waals surface area contributed by atoms with Gasteiger partial charge in [-0.15, -0.1) is 0 Å². The molecule has 0 unspecified atom stereocenters. The molecule has 0 aromatic carbocycles. The van der Waals surface area contributed by atoms with Gasteiger partial charge in [-0.05, 0) is 25.7 Å². The first-order valence-corrected chi connectivity index (χ1v) is 5.83. The number of hydrogen-bond acceptors (Lipinski definition) is 2. The minimum atomic E-state index is -1.01. The number of urea groups is 1. The van der Waals surface area contributed by atoms with E-state index in [1.807, 2.05) is 0 Å². The maximum Gasteiger partial charge on any atom is 0.329 e. The lowest BCUT2D eigenvalue weighted by Crippen LogP contribution is -2.56. The zero-order chi connectivity index (χ0) is 11.8. The van der Waals surface area contributed by atoms with Crippen LogP contribution in [0.1, 0.15) is 38.5 Å². The number of aliphatic carboxylic acids is 1. The summed E-state index contributed by atoms with van der Waals surface area (Å²) in [6.07, 6.45) is 4.91. The highest BCUT2D eigenvalue weighted by molar-refractivity contribution is 5.86. The number of carbonyl (C=O) groups excluding carboxylic acids is 1. The fraction of sp³-hybridized carbons (Fsp3) is 0.818. The number of carboxylic acid groups (broad SMARTS) is 1. The smallest absolute Gasteiger partial charge is 0.329 e. The van der Waals surface area contributed by atoms with Crippen molar-refractivity contribution in [1.82, 2.24) is 10.2 Å². The maximum absolute atomic E-state index is 11.8. The van der Waals surface area contributed by atoms with E-state index in [9.17, 15) is 14.7 Å². The molecule has 0 radical (unpaired) electrons. The Morgan fingerprint density at radius 2 is 1.88 bits per heavy atom. The van der Waals surface area contributed by atoms with Gasteiger partial charge in [0.05, 0.1) is 0 Å². The lowest BCUT2D eigenvalue weighted by Gasteiger charge is -2.28. The quantitative estimate of drug-likeness (QED) is 0.759. The Bertz CT molecular complexity index is 306. The number of hydrogen-bond donors (Lipinski definition) is 2. The third-order valence-corrected chi connectivity index (χ3v) is 3.63. The molecule has 5 heteroatoms. The molecule has 90 valence electrons. The van der Waals surface area contributed by atoms with Gasteiger partial charge >= 0.3 is 12.0 Å². The van der Waals surface area contributed by atoms with Gasteiger partial charge in [-0.1, -0.05) is 12.8 Å². The van der Waals surface area contributed by atoms with E-state index in [0.29, 0.717) is 18.9 Å². The number of rotatable bonds is 3. The predicted octanol–water partition coefficient (Wildman–Crippen LogP) is 1.19. The molecule has 0 aromatic heterocycles. The molecule has 0 atom stereocenters. The molecule has 2 fully saturated rings. The van der Waals surface area contributed by atoms with Gasteiger partial charge in [0.25, 0.3) is 0 Å². The largest absolute Gasteiger partial charge is 0.480 e. The average Bonchev–Trinajstić information content (AvgIpc) is 2.98. The summed E-state index contributed by atoms with van der Waals surface area (Å²) in [7, 11) is 1.73. The molecule has 0 heterocycles. The van der Waals surface area contributed by atoms with Crippen LogP contribution in [0.4, 0.5) is 4.79 Å². The van der Waals surface area contributed by atoms with Crippen molar-refractivity contribution in [3.8, 4) is 0 Å². The fourth-order valence-corrected chi connectivity index (χ4v) is 2.29. The van der Waals surface area contributed by atoms with Gasteiger partial charge in [-0.3, -0.25) is 0 Å². The molecule has 2 aliphatic carbocycles. The van der Waals surface area contributed by atoms with E-state index in [1.54, 1.807) is 11.9 Å². The number of nitrogens with zero attached hydrogens (tertiary/aromatic N) is 1. The Morgan fingerprint density at radius 3 is 2.31 bits per heavy atom. The molecule has 2 aliphatic rings. The molecule has 2 rings (SSSR count). The van der Waals surface area contributed by atoms with Gasteiger partial charge in [-0.25, -0.2) is 9.59 Å². The van der Waals surface area contributed by atoms with Crippen molar-refractivity contribution >= 4 is 12.0 Å². The molecule has 5 nitrogen and oxygen atoms in total. The Labute approximate surface area is 94.8 Å². The molecular weight excluding hydrogens is 208 g/mol. The van der Waals surface area contributed by atoms with Crippen molar-refractivity contribution in [3.05, 3.63) is 0 Å². The first-order chi connectivity index (χ1) is 7.55. The second-order valence-corrected chi connectivity index (χ2v) is 4.87. The highest BCUT2D eigenvalue weighted by atomic mass is 16.4. The van der Waals surface area contributed by atoms with E-state index >= 15 is 0 Å². The van der Waals surface area contributed by atoms with Crippen LogP contribution in [0.3, 0.4) is 0 Å².